The van der Waals surface area contributed by atoms with E-state index < -0.39 is 0 Å². The van der Waals surface area contributed by atoms with Crippen LogP contribution in [-0.4, -0.2) is 77.4 Å². The van der Waals surface area contributed by atoms with Gasteiger partial charge in [0.1, 0.15) is 0 Å². The summed E-state index contributed by atoms with van der Waals surface area (Å²) in [5.41, 5.74) is 1.19. The first-order chi connectivity index (χ1) is 15.5. The van der Waals surface area contributed by atoms with E-state index in [1.807, 2.05) is 30.0 Å². The molecule has 6 heteroatoms. The average molecular weight is 441 g/mol. The molecule has 3 aliphatic rings. The van der Waals surface area contributed by atoms with Crippen molar-refractivity contribution in [3.63, 3.8) is 0 Å². The molecule has 2 aliphatic heterocycles. The van der Waals surface area contributed by atoms with Crippen molar-refractivity contribution in [3.8, 4) is 0 Å². The summed E-state index contributed by atoms with van der Waals surface area (Å²) in [5, 5.41) is 3.32. The van der Waals surface area contributed by atoms with Gasteiger partial charge in [-0.1, -0.05) is 50.1 Å². The fourth-order valence-electron chi connectivity index (χ4n) is 5.66. The van der Waals surface area contributed by atoms with E-state index in [2.05, 4.69) is 34.2 Å². The average Bonchev–Trinajstić information content (AvgIpc) is 2.82. The van der Waals surface area contributed by atoms with Crippen molar-refractivity contribution < 1.29 is 9.59 Å². The van der Waals surface area contributed by atoms with Crippen LogP contribution in [0, 0.1) is 5.92 Å². The van der Waals surface area contributed by atoms with Gasteiger partial charge in [-0.25, -0.2) is 0 Å². The second-order valence-electron chi connectivity index (χ2n) is 10.0. The van der Waals surface area contributed by atoms with E-state index in [9.17, 15) is 9.59 Å². The highest BCUT2D eigenvalue weighted by Crippen LogP contribution is 2.24. The first-order valence-electron chi connectivity index (χ1n) is 12.6. The number of rotatable bonds is 6. The van der Waals surface area contributed by atoms with Crippen LogP contribution in [0.3, 0.4) is 0 Å². The van der Waals surface area contributed by atoms with E-state index in [4.69, 9.17) is 0 Å². The first kappa shape index (κ1) is 23.2. The summed E-state index contributed by atoms with van der Waals surface area (Å²) in [6.07, 6.45) is 6.83. The van der Waals surface area contributed by atoms with Crippen LogP contribution in [0.2, 0.25) is 0 Å². The zero-order valence-corrected chi connectivity index (χ0v) is 19.8. The third-order valence-electron chi connectivity index (χ3n) is 7.87. The third-order valence-corrected chi connectivity index (χ3v) is 7.87. The molecule has 4 rings (SSSR count). The van der Waals surface area contributed by atoms with Crippen LogP contribution in [-0.2, 0) is 16.1 Å². The monoisotopic (exact) mass is 440 g/mol. The summed E-state index contributed by atoms with van der Waals surface area (Å²) in [6, 6.07) is 10.5. The van der Waals surface area contributed by atoms with Gasteiger partial charge in [0.15, 0.2) is 0 Å². The summed E-state index contributed by atoms with van der Waals surface area (Å²) >= 11 is 0. The molecule has 2 heterocycles. The van der Waals surface area contributed by atoms with Gasteiger partial charge in [0.2, 0.25) is 11.8 Å². The van der Waals surface area contributed by atoms with E-state index in [0.29, 0.717) is 18.5 Å². The van der Waals surface area contributed by atoms with Crippen molar-refractivity contribution in [3.05, 3.63) is 35.9 Å². The van der Waals surface area contributed by atoms with Crippen LogP contribution in [0.1, 0.15) is 57.9 Å². The van der Waals surface area contributed by atoms with Crippen molar-refractivity contribution >= 4 is 11.8 Å². The maximum atomic E-state index is 13.2. The molecule has 1 aliphatic carbocycles. The Morgan fingerprint density at radius 3 is 2.44 bits per heavy atom. The third kappa shape index (κ3) is 5.52. The molecule has 1 aromatic carbocycles. The van der Waals surface area contributed by atoms with Gasteiger partial charge in [-0.2, -0.15) is 0 Å². The van der Waals surface area contributed by atoms with Gasteiger partial charge in [0.05, 0.1) is 12.1 Å². The zero-order valence-electron chi connectivity index (χ0n) is 19.8. The van der Waals surface area contributed by atoms with Crippen LogP contribution < -0.4 is 5.32 Å². The number of carbonyl (C=O) groups excluding carboxylic acids is 2. The number of piperazine rings is 1. The highest BCUT2D eigenvalue weighted by atomic mass is 16.2. The Bertz CT molecular complexity index is 762. The SMILES string of the molecule is C[C@@H]1CCCC[C@@H]1NC(=O)[C@@H](C)N1CCN([C@H]2CCCN(Cc3ccccc3)C2=O)CC1. The van der Waals surface area contributed by atoms with Crippen LogP contribution in [0.4, 0.5) is 0 Å². The Hall–Kier alpha value is -1.92. The molecular formula is C26H40N4O2. The van der Waals surface area contributed by atoms with Crippen LogP contribution in [0.15, 0.2) is 30.3 Å². The molecule has 1 aromatic rings. The molecule has 1 saturated carbocycles. The fraction of sp³-hybridized carbons (Fsp3) is 0.692. The molecule has 3 fully saturated rings. The number of piperidine rings is 1. The maximum Gasteiger partial charge on any atom is 0.240 e. The summed E-state index contributed by atoms with van der Waals surface area (Å²) in [6.45, 7) is 9.24. The van der Waals surface area contributed by atoms with E-state index >= 15 is 0 Å². The molecular weight excluding hydrogens is 400 g/mol. The van der Waals surface area contributed by atoms with Gasteiger partial charge in [0.25, 0.3) is 0 Å². The molecule has 1 N–H and O–H groups in total. The Morgan fingerprint density at radius 2 is 1.72 bits per heavy atom. The number of nitrogens with one attached hydrogen (secondary N) is 1. The number of hydrogen-bond donors (Lipinski definition) is 1. The summed E-state index contributed by atoms with van der Waals surface area (Å²) in [4.78, 5) is 32.8. The van der Waals surface area contributed by atoms with Gasteiger partial charge >= 0.3 is 0 Å². The maximum absolute atomic E-state index is 13.2. The lowest BCUT2D eigenvalue weighted by Gasteiger charge is -2.44. The van der Waals surface area contributed by atoms with Crippen molar-refractivity contribution in [2.24, 2.45) is 5.92 Å². The summed E-state index contributed by atoms with van der Waals surface area (Å²) in [5.74, 6) is 1.01. The van der Waals surface area contributed by atoms with Crippen LogP contribution in [0.25, 0.3) is 0 Å². The highest BCUT2D eigenvalue weighted by Gasteiger charge is 2.36. The largest absolute Gasteiger partial charge is 0.352 e. The predicted molar refractivity (Wildman–Crippen MR) is 127 cm³/mol. The molecule has 0 spiro atoms. The molecule has 0 aromatic heterocycles. The minimum Gasteiger partial charge on any atom is -0.352 e. The Labute approximate surface area is 193 Å². The van der Waals surface area contributed by atoms with E-state index in [0.717, 1.165) is 52.0 Å². The van der Waals surface area contributed by atoms with Crippen molar-refractivity contribution in [1.29, 1.82) is 0 Å². The molecule has 0 bridgehead atoms. The number of amides is 2. The normalized spacial score (nSPS) is 29.0. The van der Waals surface area contributed by atoms with Gasteiger partial charge in [0, 0.05) is 45.3 Å². The van der Waals surface area contributed by atoms with Gasteiger partial charge in [-0.3, -0.25) is 19.4 Å². The van der Waals surface area contributed by atoms with Gasteiger partial charge in [-0.05, 0) is 44.1 Å². The molecule has 0 radical (unpaired) electrons. The summed E-state index contributed by atoms with van der Waals surface area (Å²) < 4.78 is 0. The molecule has 4 atom stereocenters. The van der Waals surface area contributed by atoms with E-state index in [1.54, 1.807) is 0 Å². The van der Waals surface area contributed by atoms with Crippen molar-refractivity contribution in [2.75, 3.05) is 32.7 Å². The highest BCUT2D eigenvalue weighted by molar-refractivity contribution is 5.83. The van der Waals surface area contributed by atoms with Crippen LogP contribution in [0.5, 0.6) is 0 Å². The zero-order chi connectivity index (χ0) is 22.5. The van der Waals surface area contributed by atoms with Crippen LogP contribution >= 0.6 is 0 Å². The minimum atomic E-state index is -0.108. The standard InChI is InChI=1S/C26H40N4O2/c1-20-9-6-7-12-23(20)27-25(31)21(2)28-15-17-29(18-16-28)24-13-8-14-30(26(24)32)19-22-10-4-3-5-11-22/h3-5,10-11,20-21,23-24H,6-9,12-19H2,1-2H3,(H,27,31)/t20-,21-,23+,24+/m1/s1. The number of carbonyl (C=O) groups is 2. The lowest BCUT2D eigenvalue weighted by atomic mass is 9.86. The number of hydrogen-bond acceptors (Lipinski definition) is 4. The molecule has 2 amide bonds. The Balaban J connectivity index is 1.27. The predicted octanol–water partition coefficient (Wildman–Crippen LogP) is 2.88. The quantitative estimate of drug-likeness (QED) is 0.739. The Morgan fingerprint density at radius 1 is 1.00 bits per heavy atom. The molecule has 0 unspecified atom stereocenters. The molecule has 2 saturated heterocycles. The molecule has 176 valence electrons. The molecule has 6 nitrogen and oxygen atoms in total. The number of benzene rings is 1. The second-order valence-corrected chi connectivity index (χ2v) is 10.0. The second kappa shape index (κ2) is 10.8. The minimum absolute atomic E-state index is 0.0122. The lowest BCUT2D eigenvalue weighted by molar-refractivity contribution is -0.142. The van der Waals surface area contributed by atoms with E-state index in [1.165, 1.54) is 24.8 Å². The van der Waals surface area contributed by atoms with Gasteiger partial charge < -0.3 is 10.2 Å². The number of nitrogens with zero attached hydrogens (tertiary/aromatic N) is 3. The fourth-order valence-corrected chi connectivity index (χ4v) is 5.66. The topological polar surface area (TPSA) is 55.9 Å². The van der Waals surface area contributed by atoms with Crippen molar-refractivity contribution in [1.82, 2.24) is 20.0 Å². The summed E-state index contributed by atoms with van der Waals surface area (Å²) in [7, 11) is 0. The van der Waals surface area contributed by atoms with Crippen molar-refractivity contribution in [2.45, 2.75) is 77.0 Å². The lowest BCUT2D eigenvalue weighted by Crippen LogP contribution is -2.60. The van der Waals surface area contributed by atoms with Gasteiger partial charge in [-0.15, -0.1) is 0 Å². The Kier molecular flexibility index (Phi) is 7.84. The number of likely N-dealkylation sites (tertiary alicyclic amines) is 1. The first-order valence-corrected chi connectivity index (χ1v) is 12.6. The molecule has 32 heavy (non-hydrogen) atoms. The van der Waals surface area contributed by atoms with E-state index in [-0.39, 0.29) is 23.9 Å². The smallest absolute Gasteiger partial charge is 0.240 e.